The molecule has 2 aromatic rings. The Kier molecular flexibility index (Phi) is 1.62. The highest BCUT2D eigenvalue weighted by molar-refractivity contribution is 6.12. The topological polar surface area (TPSA) is 54.0 Å². The van der Waals surface area contributed by atoms with Gasteiger partial charge in [0.2, 0.25) is 0 Å². The Bertz CT molecular complexity index is 551. The number of anilines is 1. The number of hydrogen-bond donors (Lipinski definition) is 2. The molecular weight excluding hydrogens is 190 g/mol. The molecule has 0 fully saturated rings. The average Bonchev–Trinajstić information content (AvgIpc) is 2.29. The third-order valence-corrected chi connectivity index (χ3v) is 2.58. The van der Waals surface area contributed by atoms with Crippen LogP contribution in [-0.4, -0.2) is 17.6 Å². The minimum atomic E-state index is -0.0395. The van der Waals surface area contributed by atoms with Crippen molar-refractivity contribution in [1.29, 1.82) is 0 Å². The first-order valence-electron chi connectivity index (χ1n) is 4.75. The highest BCUT2D eigenvalue weighted by atomic mass is 16.1. The molecule has 4 heteroatoms. The molecule has 0 unspecified atom stereocenters. The molecule has 0 saturated heterocycles. The van der Waals surface area contributed by atoms with Crippen molar-refractivity contribution in [3.05, 3.63) is 36.2 Å². The van der Waals surface area contributed by atoms with E-state index in [-0.39, 0.29) is 5.91 Å². The van der Waals surface area contributed by atoms with Crippen molar-refractivity contribution >= 4 is 22.4 Å². The van der Waals surface area contributed by atoms with E-state index in [1.807, 2.05) is 18.2 Å². The van der Waals surface area contributed by atoms with Crippen molar-refractivity contribution in [3.8, 4) is 0 Å². The van der Waals surface area contributed by atoms with E-state index in [2.05, 4.69) is 15.6 Å². The minimum absolute atomic E-state index is 0.0395. The van der Waals surface area contributed by atoms with Crippen molar-refractivity contribution < 1.29 is 4.79 Å². The fourth-order valence-corrected chi connectivity index (χ4v) is 1.86. The summed E-state index contributed by atoms with van der Waals surface area (Å²) in [6.45, 7) is 0.484. The molecule has 0 spiro atoms. The molecule has 15 heavy (non-hydrogen) atoms. The lowest BCUT2D eigenvalue weighted by atomic mass is 10.0. The van der Waals surface area contributed by atoms with Gasteiger partial charge in [0.25, 0.3) is 5.91 Å². The molecule has 1 aromatic heterocycles. The van der Waals surface area contributed by atoms with E-state index in [1.54, 1.807) is 12.4 Å². The number of nitrogens with zero attached hydrogens (tertiary/aromatic N) is 1. The summed E-state index contributed by atoms with van der Waals surface area (Å²) in [5, 5.41) is 7.80. The monoisotopic (exact) mass is 199 g/mol. The lowest BCUT2D eigenvalue weighted by Gasteiger charge is -2.19. The number of amides is 1. The highest BCUT2D eigenvalue weighted by Gasteiger charge is 2.18. The van der Waals surface area contributed by atoms with Crippen molar-refractivity contribution in [3.63, 3.8) is 0 Å². The summed E-state index contributed by atoms with van der Waals surface area (Å²) >= 11 is 0. The van der Waals surface area contributed by atoms with Gasteiger partial charge in [0.05, 0.1) is 12.2 Å². The number of pyridine rings is 1. The molecule has 4 nitrogen and oxygen atoms in total. The van der Waals surface area contributed by atoms with Gasteiger partial charge in [-0.2, -0.15) is 0 Å². The lowest BCUT2D eigenvalue weighted by Crippen LogP contribution is -2.34. The molecule has 0 atom stereocenters. The first-order valence-corrected chi connectivity index (χ1v) is 4.75. The van der Waals surface area contributed by atoms with E-state index in [4.69, 9.17) is 0 Å². The van der Waals surface area contributed by atoms with Crippen LogP contribution in [0.1, 0.15) is 10.4 Å². The van der Waals surface area contributed by atoms with E-state index in [0.717, 1.165) is 16.5 Å². The van der Waals surface area contributed by atoms with Gasteiger partial charge in [-0.3, -0.25) is 9.78 Å². The SMILES string of the molecule is O=C1NCNc2ccc3ccncc3c21. The van der Waals surface area contributed by atoms with Crippen molar-refractivity contribution in [2.75, 3.05) is 12.0 Å². The van der Waals surface area contributed by atoms with Gasteiger partial charge in [0.1, 0.15) is 0 Å². The second-order valence-electron chi connectivity index (χ2n) is 3.44. The van der Waals surface area contributed by atoms with E-state index >= 15 is 0 Å². The van der Waals surface area contributed by atoms with E-state index < -0.39 is 0 Å². The third kappa shape index (κ3) is 1.15. The second kappa shape index (κ2) is 2.95. The quantitative estimate of drug-likeness (QED) is 0.673. The molecule has 2 heterocycles. The molecule has 3 rings (SSSR count). The number of rotatable bonds is 0. The van der Waals surface area contributed by atoms with Gasteiger partial charge in [-0.25, -0.2) is 0 Å². The summed E-state index contributed by atoms with van der Waals surface area (Å²) in [4.78, 5) is 15.8. The maximum absolute atomic E-state index is 11.7. The number of nitrogens with one attached hydrogen (secondary N) is 2. The Labute approximate surface area is 86.3 Å². The second-order valence-corrected chi connectivity index (χ2v) is 3.44. The standard InChI is InChI=1S/C11H9N3O/c15-11-10-8-5-12-4-3-7(8)1-2-9(10)13-6-14-11/h1-5,13H,6H2,(H,14,15). The van der Waals surface area contributed by atoms with Crippen LogP contribution in [0.2, 0.25) is 0 Å². The molecule has 1 aliphatic rings. The molecule has 0 saturated carbocycles. The number of aromatic nitrogens is 1. The zero-order valence-corrected chi connectivity index (χ0v) is 7.95. The Hall–Kier alpha value is -2.10. The smallest absolute Gasteiger partial charge is 0.255 e. The molecule has 0 radical (unpaired) electrons. The van der Waals surface area contributed by atoms with Crippen molar-refractivity contribution in [2.24, 2.45) is 0 Å². The van der Waals surface area contributed by atoms with Crippen LogP contribution in [0.5, 0.6) is 0 Å². The van der Waals surface area contributed by atoms with Crippen LogP contribution in [-0.2, 0) is 0 Å². The Morgan fingerprint density at radius 1 is 1.20 bits per heavy atom. The zero-order valence-electron chi connectivity index (χ0n) is 7.95. The Morgan fingerprint density at radius 3 is 3.07 bits per heavy atom. The van der Waals surface area contributed by atoms with Gasteiger partial charge in [0, 0.05) is 23.5 Å². The van der Waals surface area contributed by atoms with Crippen LogP contribution in [0.4, 0.5) is 5.69 Å². The highest BCUT2D eigenvalue weighted by Crippen LogP contribution is 2.26. The summed E-state index contributed by atoms with van der Waals surface area (Å²) in [7, 11) is 0. The normalized spacial score (nSPS) is 14.3. The predicted octanol–water partition coefficient (Wildman–Crippen LogP) is 1.35. The molecule has 0 bridgehead atoms. The fourth-order valence-electron chi connectivity index (χ4n) is 1.86. The number of carbonyl (C=O) groups excluding carboxylic acids is 1. The maximum Gasteiger partial charge on any atom is 0.255 e. The Morgan fingerprint density at radius 2 is 2.13 bits per heavy atom. The molecule has 0 aliphatic carbocycles. The van der Waals surface area contributed by atoms with E-state index in [9.17, 15) is 4.79 Å². The number of hydrogen-bond acceptors (Lipinski definition) is 3. The third-order valence-electron chi connectivity index (χ3n) is 2.58. The number of fused-ring (bicyclic) bond motifs is 3. The van der Waals surface area contributed by atoms with E-state index in [1.165, 1.54) is 0 Å². The Balaban J connectivity index is 2.40. The van der Waals surface area contributed by atoms with Gasteiger partial charge < -0.3 is 10.6 Å². The van der Waals surface area contributed by atoms with Gasteiger partial charge in [-0.15, -0.1) is 0 Å². The van der Waals surface area contributed by atoms with Crippen LogP contribution in [0, 0.1) is 0 Å². The number of carbonyl (C=O) groups is 1. The largest absolute Gasteiger partial charge is 0.367 e. The molecule has 1 aromatic carbocycles. The molecular formula is C11H9N3O. The van der Waals surface area contributed by atoms with Crippen LogP contribution in [0.3, 0.4) is 0 Å². The maximum atomic E-state index is 11.7. The van der Waals surface area contributed by atoms with Gasteiger partial charge in [0.15, 0.2) is 0 Å². The van der Waals surface area contributed by atoms with Gasteiger partial charge >= 0.3 is 0 Å². The van der Waals surface area contributed by atoms with Crippen LogP contribution < -0.4 is 10.6 Å². The van der Waals surface area contributed by atoms with Gasteiger partial charge in [-0.05, 0) is 17.5 Å². The molecule has 74 valence electrons. The van der Waals surface area contributed by atoms with Crippen molar-refractivity contribution in [2.45, 2.75) is 0 Å². The summed E-state index contributed by atoms with van der Waals surface area (Å²) in [5.41, 5.74) is 1.56. The zero-order chi connectivity index (χ0) is 10.3. The number of benzene rings is 1. The summed E-state index contributed by atoms with van der Waals surface area (Å²) in [6.07, 6.45) is 3.45. The average molecular weight is 199 g/mol. The van der Waals surface area contributed by atoms with Crippen LogP contribution >= 0.6 is 0 Å². The summed E-state index contributed by atoms with van der Waals surface area (Å²) < 4.78 is 0. The summed E-state index contributed by atoms with van der Waals surface area (Å²) in [6, 6.07) is 5.81. The van der Waals surface area contributed by atoms with Gasteiger partial charge in [-0.1, -0.05) is 6.07 Å². The molecule has 1 amide bonds. The first kappa shape index (κ1) is 8.23. The fraction of sp³-hybridized carbons (Fsp3) is 0.0909. The van der Waals surface area contributed by atoms with Crippen molar-refractivity contribution in [1.82, 2.24) is 10.3 Å². The van der Waals surface area contributed by atoms with E-state index in [0.29, 0.717) is 12.2 Å². The minimum Gasteiger partial charge on any atom is -0.367 e. The molecule has 2 N–H and O–H groups in total. The summed E-state index contributed by atoms with van der Waals surface area (Å²) in [5.74, 6) is -0.0395. The lowest BCUT2D eigenvalue weighted by molar-refractivity contribution is 0.0954. The predicted molar refractivity (Wildman–Crippen MR) is 57.7 cm³/mol. The van der Waals surface area contributed by atoms with Crippen LogP contribution in [0.15, 0.2) is 30.6 Å². The molecule has 1 aliphatic heterocycles. The van der Waals surface area contributed by atoms with Crippen LogP contribution in [0.25, 0.3) is 10.8 Å². The first-order chi connectivity index (χ1) is 7.36.